The van der Waals surface area contributed by atoms with Gasteiger partial charge in [0.15, 0.2) is 0 Å². The summed E-state index contributed by atoms with van der Waals surface area (Å²) in [7, 11) is 0. The summed E-state index contributed by atoms with van der Waals surface area (Å²) in [5, 5.41) is 0. The highest BCUT2D eigenvalue weighted by Gasteiger charge is 2.05. The van der Waals surface area contributed by atoms with Crippen molar-refractivity contribution in [2.75, 3.05) is 66.1 Å². The van der Waals surface area contributed by atoms with E-state index in [0.717, 1.165) is 0 Å². The fraction of sp³-hybridized carbons (Fsp3) is 0.889. The Morgan fingerprint density at radius 2 is 0.815 bits per heavy atom. The van der Waals surface area contributed by atoms with E-state index in [0.29, 0.717) is 39.6 Å². The summed E-state index contributed by atoms with van der Waals surface area (Å²) in [6, 6.07) is 0. The van der Waals surface area contributed by atoms with Gasteiger partial charge in [-0.2, -0.15) is 0 Å². The zero-order valence-electron chi connectivity index (χ0n) is 16.9. The number of hydrogen-bond donors (Lipinski definition) is 0. The van der Waals surface area contributed by atoms with Crippen molar-refractivity contribution in [2.45, 2.75) is 27.7 Å². The summed E-state index contributed by atoms with van der Waals surface area (Å²) in [6.45, 7) is 10.9. The van der Waals surface area contributed by atoms with Crippen molar-refractivity contribution in [3.05, 3.63) is 0 Å². The minimum Gasteiger partial charge on any atom is -0.434 e. The van der Waals surface area contributed by atoms with Gasteiger partial charge in [0.05, 0.1) is 52.9 Å². The first kappa shape index (κ1) is 25.4. The first-order valence-electron chi connectivity index (χ1n) is 9.24. The van der Waals surface area contributed by atoms with Gasteiger partial charge in [-0.3, -0.25) is 0 Å². The van der Waals surface area contributed by atoms with Gasteiger partial charge >= 0.3 is 12.3 Å². The minimum atomic E-state index is -0.683. The molecule has 9 nitrogen and oxygen atoms in total. The Bertz CT molecular complexity index is 338. The SMILES string of the molecule is CC(C)COC(=O)OCCOCCOCCOCCOC(=O)OCC(C)C. The van der Waals surface area contributed by atoms with Gasteiger partial charge < -0.3 is 33.2 Å². The predicted octanol–water partition coefficient (Wildman–Crippen LogP) is 2.65. The van der Waals surface area contributed by atoms with Gasteiger partial charge in [0.1, 0.15) is 13.2 Å². The lowest BCUT2D eigenvalue weighted by molar-refractivity contribution is -0.0127. The molecule has 0 N–H and O–H groups in total. The lowest BCUT2D eigenvalue weighted by Gasteiger charge is -2.09. The van der Waals surface area contributed by atoms with E-state index >= 15 is 0 Å². The van der Waals surface area contributed by atoms with Crippen LogP contribution in [0.15, 0.2) is 0 Å². The van der Waals surface area contributed by atoms with E-state index in [1.54, 1.807) is 0 Å². The van der Waals surface area contributed by atoms with Crippen molar-refractivity contribution in [1.82, 2.24) is 0 Å². The molecule has 0 rings (SSSR count). The first-order valence-corrected chi connectivity index (χ1v) is 9.24. The number of carbonyl (C=O) groups is 2. The van der Waals surface area contributed by atoms with E-state index in [1.165, 1.54) is 0 Å². The van der Waals surface area contributed by atoms with Crippen molar-refractivity contribution in [2.24, 2.45) is 11.8 Å². The maximum Gasteiger partial charge on any atom is 0.508 e. The number of hydrogen-bond acceptors (Lipinski definition) is 9. The van der Waals surface area contributed by atoms with Crippen molar-refractivity contribution < 1.29 is 42.7 Å². The van der Waals surface area contributed by atoms with E-state index in [2.05, 4.69) is 0 Å². The molecule has 0 atom stereocenters. The molecule has 0 spiro atoms. The van der Waals surface area contributed by atoms with Crippen LogP contribution in [0.25, 0.3) is 0 Å². The Morgan fingerprint density at radius 1 is 0.519 bits per heavy atom. The third-order valence-corrected chi connectivity index (χ3v) is 2.71. The van der Waals surface area contributed by atoms with Gasteiger partial charge in [0, 0.05) is 0 Å². The normalized spacial score (nSPS) is 10.9. The second-order valence-corrected chi connectivity index (χ2v) is 6.44. The number of ether oxygens (including phenoxy) is 7. The van der Waals surface area contributed by atoms with Gasteiger partial charge in [-0.05, 0) is 11.8 Å². The summed E-state index contributed by atoms with van der Waals surface area (Å²) in [5.74, 6) is 0.544. The highest BCUT2D eigenvalue weighted by atomic mass is 16.7. The van der Waals surface area contributed by atoms with Crippen LogP contribution < -0.4 is 0 Å². The van der Waals surface area contributed by atoms with Crippen molar-refractivity contribution in [3.8, 4) is 0 Å². The molecule has 0 radical (unpaired) electrons. The summed E-state index contributed by atoms with van der Waals surface area (Å²) in [5.41, 5.74) is 0. The fourth-order valence-electron chi connectivity index (χ4n) is 1.46. The molecule has 0 saturated heterocycles. The van der Waals surface area contributed by atoms with Crippen LogP contribution in [-0.2, 0) is 33.2 Å². The van der Waals surface area contributed by atoms with Crippen LogP contribution in [0.5, 0.6) is 0 Å². The Balaban J connectivity index is 3.21. The molecule has 0 aliphatic rings. The van der Waals surface area contributed by atoms with Crippen LogP contribution in [0, 0.1) is 11.8 Å². The summed E-state index contributed by atoms with van der Waals surface area (Å²) >= 11 is 0. The van der Waals surface area contributed by atoms with Crippen LogP contribution in [0.2, 0.25) is 0 Å². The number of carbonyl (C=O) groups excluding carboxylic acids is 2. The third kappa shape index (κ3) is 20.6. The Labute approximate surface area is 161 Å². The standard InChI is InChI=1S/C18H34O9/c1-15(2)13-26-17(19)24-11-9-22-7-5-21-6-8-23-10-12-25-18(20)27-14-16(3)4/h15-16H,5-14H2,1-4H3. The van der Waals surface area contributed by atoms with Gasteiger partial charge in [-0.15, -0.1) is 0 Å². The molecule has 0 fully saturated rings. The average molecular weight is 394 g/mol. The molecule has 0 aliphatic carbocycles. The monoisotopic (exact) mass is 394 g/mol. The first-order chi connectivity index (χ1) is 12.9. The topological polar surface area (TPSA) is 98.8 Å². The maximum absolute atomic E-state index is 11.2. The van der Waals surface area contributed by atoms with Crippen molar-refractivity contribution in [3.63, 3.8) is 0 Å². The van der Waals surface area contributed by atoms with Crippen LogP contribution in [0.4, 0.5) is 9.59 Å². The smallest absolute Gasteiger partial charge is 0.434 e. The van der Waals surface area contributed by atoms with Gasteiger partial charge in [-0.25, -0.2) is 9.59 Å². The summed E-state index contributed by atoms with van der Waals surface area (Å²) < 4.78 is 35.2. The number of rotatable bonds is 16. The molecule has 0 heterocycles. The molecule has 0 saturated carbocycles. The fourth-order valence-corrected chi connectivity index (χ4v) is 1.46. The van der Waals surface area contributed by atoms with E-state index < -0.39 is 12.3 Å². The van der Waals surface area contributed by atoms with E-state index in [-0.39, 0.29) is 38.3 Å². The lowest BCUT2D eigenvalue weighted by Crippen LogP contribution is -2.17. The average Bonchev–Trinajstić information content (AvgIpc) is 2.62. The largest absolute Gasteiger partial charge is 0.508 e. The van der Waals surface area contributed by atoms with Gasteiger partial charge in [0.25, 0.3) is 0 Å². The summed E-state index contributed by atoms with van der Waals surface area (Å²) in [4.78, 5) is 22.3. The Hall–Kier alpha value is -1.58. The van der Waals surface area contributed by atoms with Crippen molar-refractivity contribution >= 4 is 12.3 Å². The molecule has 0 bridgehead atoms. The molecule has 0 aromatic rings. The molecule has 0 amide bonds. The zero-order valence-corrected chi connectivity index (χ0v) is 16.9. The van der Waals surface area contributed by atoms with Gasteiger partial charge in [0.2, 0.25) is 0 Å². The highest BCUT2D eigenvalue weighted by molar-refractivity contribution is 5.60. The van der Waals surface area contributed by atoms with E-state index in [1.807, 2.05) is 27.7 Å². The lowest BCUT2D eigenvalue weighted by atomic mass is 10.2. The summed E-state index contributed by atoms with van der Waals surface area (Å²) in [6.07, 6.45) is -1.37. The zero-order chi connectivity index (χ0) is 20.3. The maximum atomic E-state index is 11.2. The van der Waals surface area contributed by atoms with Gasteiger partial charge in [-0.1, -0.05) is 27.7 Å². The second-order valence-electron chi connectivity index (χ2n) is 6.44. The molecule has 9 heteroatoms. The quantitative estimate of drug-likeness (QED) is 0.289. The molecule has 0 aliphatic heterocycles. The third-order valence-electron chi connectivity index (χ3n) is 2.71. The van der Waals surface area contributed by atoms with Crippen LogP contribution in [-0.4, -0.2) is 78.4 Å². The van der Waals surface area contributed by atoms with E-state index in [9.17, 15) is 9.59 Å². The molecule has 0 aromatic carbocycles. The van der Waals surface area contributed by atoms with E-state index in [4.69, 9.17) is 33.2 Å². The minimum absolute atomic E-state index is 0.139. The molecule has 0 unspecified atom stereocenters. The molecular weight excluding hydrogens is 360 g/mol. The van der Waals surface area contributed by atoms with Crippen LogP contribution in [0.3, 0.4) is 0 Å². The second kappa shape index (κ2) is 17.8. The Morgan fingerprint density at radius 3 is 1.11 bits per heavy atom. The highest BCUT2D eigenvalue weighted by Crippen LogP contribution is 1.96. The van der Waals surface area contributed by atoms with Crippen molar-refractivity contribution in [1.29, 1.82) is 0 Å². The van der Waals surface area contributed by atoms with Crippen LogP contribution >= 0.6 is 0 Å². The van der Waals surface area contributed by atoms with Crippen LogP contribution in [0.1, 0.15) is 27.7 Å². The predicted molar refractivity (Wildman–Crippen MR) is 96.7 cm³/mol. The molecule has 160 valence electrons. The molecular formula is C18H34O9. The Kier molecular flexibility index (Phi) is 16.8. The molecule has 27 heavy (non-hydrogen) atoms. The molecule has 0 aromatic heterocycles.